The lowest BCUT2D eigenvalue weighted by molar-refractivity contribution is -0.127. The minimum atomic E-state index is -0.302. The molecule has 1 saturated heterocycles. The fourth-order valence-electron chi connectivity index (χ4n) is 2.58. The molecule has 1 aliphatic heterocycles. The Bertz CT molecular complexity index is 628. The third-order valence-corrected chi connectivity index (χ3v) is 4.47. The Morgan fingerprint density at radius 2 is 2.08 bits per heavy atom. The van der Waals surface area contributed by atoms with Crippen molar-refractivity contribution in [1.29, 1.82) is 0 Å². The second-order valence-corrected chi connectivity index (χ2v) is 6.66. The molecule has 0 saturated carbocycles. The minimum absolute atomic E-state index is 0.0392. The summed E-state index contributed by atoms with van der Waals surface area (Å²) in [7, 11) is 3.44. The van der Waals surface area contributed by atoms with Crippen LogP contribution in [0, 0.1) is 5.82 Å². The number of pyridine rings is 1. The van der Waals surface area contributed by atoms with Gasteiger partial charge in [-0.05, 0) is 25.5 Å². The molecule has 144 valence electrons. The van der Waals surface area contributed by atoms with Gasteiger partial charge in [-0.15, -0.1) is 0 Å². The van der Waals surface area contributed by atoms with E-state index >= 15 is 0 Å². The van der Waals surface area contributed by atoms with Gasteiger partial charge in [-0.3, -0.25) is 4.79 Å². The molecule has 1 amide bonds. The molecule has 0 bridgehead atoms. The predicted molar refractivity (Wildman–Crippen MR) is 102 cm³/mol. The maximum Gasteiger partial charge on any atom is 0.243 e. The summed E-state index contributed by atoms with van der Waals surface area (Å²) in [6.45, 7) is 6.97. The lowest BCUT2D eigenvalue weighted by Crippen LogP contribution is -2.54. The Hall–Kier alpha value is -2.38. The van der Waals surface area contributed by atoms with Gasteiger partial charge < -0.3 is 20.0 Å². The summed E-state index contributed by atoms with van der Waals surface area (Å²) in [5.41, 5.74) is 0. The number of aromatic nitrogens is 1. The summed E-state index contributed by atoms with van der Waals surface area (Å²) in [5.74, 6) is 0.783. The van der Waals surface area contributed by atoms with Gasteiger partial charge in [0.1, 0.15) is 6.54 Å². The first kappa shape index (κ1) is 19.9. The van der Waals surface area contributed by atoms with Crippen LogP contribution in [0.2, 0.25) is 0 Å². The lowest BCUT2D eigenvalue weighted by atomic mass is 10.2. The number of nitrogens with one attached hydrogen (secondary N) is 1. The lowest BCUT2D eigenvalue weighted by Gasteiger charge is -2.37. The highest BCUT2D eigenvalue weighted by Gasteiger charge is 2.23. The number of amides is 1. The number of aliphatic imine (C=N–C) groups is 1. The Kier molecular flexibility index (Phi) is 7.17. The molecule has 1 aliphatic rings. The zero-order valence-corrected chi connectivity index (χ0v) is 16.1. The number of anilines is 1. The largest absolute Gasteiger partial charge is 0.354 e. The van der Waals surface area contributed by atoms with E-state index in [0.29, 0.717) is 32.0 Å². The smallest absolute Gasteiger partial charge is 0.243 e. The van der Waals surface area contributed by atoms with Gasteiger partial charge in [0.05, 0.1) is 0 Å². The van der Waals surface area contributed by atoms with Crippen molar-refractivity contribution < 1.29 is 9.18 Å². The van der Waals surface area contributed by atoms with Crippen LogP contribution in [-0.4, -0.2) is 79.5 Å². The van der Waals surface area contributed by atoms with Crippen LogP contribution in [0.1, 0.15) is 20.3 Å². The van der Waals surface area contributed by atoms with E-state index in [0.717, 1.165) is 12.4 Å². The Morgan fingerprint density at radius 1 is 1.38 bits per heavy atom. The number of hydrogen-bond donors (Lipinski definition) is 1. The minimum Gasteiger partial charge on any atom is -0.354 e. The topological polar surface area (TPSA) is 64.1 Å². The van der Waals surface area contributed by atoms with Crippen LogP contribution >= 0.6 is 0 Å². The van der Waals surface area contributed by atoms with Gasteiger partial charge in [-0.1, -0.05) is 6.92 Å². The number of rotatable bonds is 5. The third-order valence-electron chi connectivity index (χ3n) is 4.47. The van der Waals surface area contributed by atoms with Crippen LogP contribution in [0.3, 0.4) is 0 Å². The van der Waals surface area contributed by atoms with Crippen LogP contribution in [0.5, 0.6) is 0 Å². The van der Waals surface area contributed by atoms with E-state index in [-0.39, 0.29) is 24.3 Å². The molecule has 0 spiro atoms. The van der Waals surface area contributed by atoms with Crippen LogP contribution in [0.15, 0.2) is 23.3 Å². The highest BCUT2D eigenvalue weighted by atomic mass is 19.1. The van der Waals surface area contributed by atoms with Gasteiger partial charge in [0.2, 0.25) is 5.91 Å². The monoisotopic (exact) mass is 364 g/mol. The van der Waals surface area contributed by atoms with E-state index < -0.39 is 0 Å². The van der Waals surface area contributed by atoms with E-state index in [1.54, 1.807) is 26.4 Å². The average molecular weight is 364 g/mol. The van der Waals surface area contributed by atoms with E-state index in [4.69, 9.17) is 0 Å². The molecule has 26 heavy (non-hydrogen) atoms. The summed E-state index contributed by atoms with van der Waals surface area (Å²) in [6, 6.07) is 3.28. The molecular weight excluding hydrogens is 335 g/mol. The van der Waals surface area contributed by atoms with Gasteiger partial charge in [-0.2, -0.15) is 0 Å². The highest BCUT2D eigenvalue weighted by molar-refractivity contribution is 5.85. The first-order chi connectivity index (χ1) is 12.4. The van der Waals surface area contributed by atoms with Gasteiger partial charge in [0, 0.05) is 52.5 Å². The van der Waals surface area contributed by atoms with Crippen molar-refractivity contribution in [2.24, 2.45) is 4.99 Å². The van der Waals surface area contributed by atoms with Crippen molar-refractivity contribution in [3.63, 3.8) is 0 Å². The molecule has 2 heterocycles. The number of carbonyl (C=O) groups excluding carboxylic acids is 1. The first-order valence-corrected chi connectivity index (χ1v) is 9.04. The van der Waals surface area contributed by atoms with E-state index in [2.05, 4.69) is 34.0 Å². The molecule has 1 fully saturated rings. The molecule has 1 aromatic heterocycles. The van der Waals surface area contributed by atoms with Gasteiger partial charge in [-0.25, -0.2) is 14.4 Å². The zero-order valence-electron chi connectivity index (χ0n) is 16.1. The number of carbonyl (C=O) groups is 1. The Morgan fingerprint density at radius 3 is 2.65 bits per heavy atom. The number of hydrogen-bond acceptors (Lipinski definition) is 4. The SMILES string of the molecule is CCC(C)NC(=NCC(=O)N(C)C)N1CCN(c2ncccc2F)CC1. The van der Waals surface area contributed by atoms with Crippen molar-refractivity contribution in [3.8, 4) is 0 Å². The molecule has 1 atom stereocenters. The predicted octanol–water partition coefficient (Wildman–Crippen LogP) is 1.18. The maximum absolute atomic E-state index is 13.9. The van der Waals surface area contributed by atoms with Crippen LogP contribution in [-0.2, 0) is 4.79 Å². The normalized spacial score (nSPS) is 16.4. The van der Waals surface area contributed by atoms with E-state index in [1.807, 2.05) is 4.90 Å². The fraction of sp³-hybridized carbons (Fsp3) is 0.611. The highest BCUT2D eigenvalue weighted by Crippen LogP contribution is 2.17. The second-order valence-electron chi connectivity index (χ2n) is 6.66. The average Bonchev–Trinajstić information content (AvgIpc) is 2.65. The number of piperazine rings is 1. The third kappa shape index (κ3) is 5.31. The molecule has 0 radical (unpaired) electrons. The number of guanidine groups is 1. The van der Waals surface area contributed by atoms with Crippen molar-refractivity contribution >= 4 is 17.7 Å². The molecule has 1 aromatic rings. The van der Waals surface area contributed by atoms with Crippen LogP contribution in [0.4, 0.5) is 10.2 Å². The van der Waals surface area contributed by atoms with Crippen LogP contribution in [0.25, 0.3) is 0 Å². The number of halogens is 1. The molecule has 2 rings (SSSR count). The Balaban J connectivity index is 2.04. The summed E-state index contributed by atoms with van der Waals surface area (Å²) < 4.78 is 13.9. The fourth-order valence-corrected chi connectivity index (χ4v) is 2.58. The quantitative estimate of drug-likeness (QED) is 0.628. The molecule has 7 nitrogen and oxygen atoms in total. The van der Waals surface area contributed by atoms with Gasteiger partial charge in [0.25, 0.3) is 0 Å². The molecule has 1 N–H and O–H groups in total. The summed E-state index contributed by atoms with van der Waals surface area (Å²) >= 11 is 0. The van der Waals surface area contributed by atoms with Gasteiger partial charge in [0.15, 0.2) is 17.6 Å². The maximum atomic E-state index is 13.9. The summed E-state index contributed by atoms with van der Waals surface area (Å²) in [6.07, 6.45) is 2.56. The van der Waals surface area contributed by atoms with Crippen molar-refractivity contribution in [2.45, 2.75) is 26.3 Å². The van der Waals surface area contributed by atoms with Gasteiger partial charge >= 0.3 is 0 Å². The number of nitrogens with zero attached hydrogens (tertiary/aromatic N) is 5. The van der Waals surface area contributed by atoms with Crippen LogP contribution < -0.4 is 10.2 Å². The van der Waals surface area contributed by atoms with Crippen molar-refractivity contribution in [2.75, 3.05) is 51.7 Å². The molecule has 0 aliphatic carbocycles. The molecule has 0 aromatic carbocycles. The standard InChI is InChI=1S/C18H29FN6O/c1-5-14(2)22-18(21-13-16(26)23(3)4)25-11-9-24(10-12-25)17-15(19)7-6-8-20-17/h6-8,14H,5,9-13H2,1-4H3,(H,21,22). The summed E-state index contributed by atoms with van der Waals surface area (Å²) in [4.78, 5) is 26.1. The molecule has 8 heteroatoms. The Labute approximate surface area is 154 Å². The first-order valence-electron chi connectivity index (χ1n) is 9.04. The van der Waals surface area contributed by atoms with Crippen molar-refractivity contribution in [3.05, 3.63) is 24.1 Å². The zero-order chi connectivity index (χ0) is 19.1. The second kappa shape index (κ2) is 9.35. The summed E-state index contributed by atoms with van der Waals surface area (Å²) in [5, 5.41) is 3.39. The van der Waals surface area contributed by atoms with E-state index in [1.165, 1.54) is 11.0 Å². The molecule has 1 unspecified atom stereocenters. The number of likely N-dealkylation sites (N-methyl/N-ethyl adjacent to an activating group) is 1. The van der Waals surface area contributed by atoms with E-state index in [9.17, 15) is 9.18 Å². The molecular formula is C18H29FN6O. The van der Waals surface area contributed by atoms with Crippen molar-refractivity contribution in [1.82, 2.24) is 20.1 Å².